The topological polar surface area (TPSA) is 29.5 Å². The van der Waals surface area contributed by atoms with Crippen LogP contribution < -0.4 is 0 Å². The minimum atomic E-state index is -1.38. The molecule has 0 spiro atoms. The molecule has 0 rings (SSSR count). The van der Waals surface area contributed by atoms with Crippen molar-refractivity contribution in [3.63, 3.8) is 0 Å². The molecule has 0 aromatic heterocycles. The zero-order chi connectivity index (χ0) is 9.83. The van der Waals surface area contributed by atoms with Gasteiger partial charge < -0.3 is 9.84 Å². The molecule has 0 saturated heterocycles. The van der Waals surface area contributed by atoms with Crippen LogP contribution in [0.3, 0.4) is 0 Å². The molecule has 2 nitrogen and oxygen atoms in total. The van der Waals surface area contributed by atoms with Gasteiger partial charge in [-0.1, -0.05) is 0 Å². The van der Waals surface area contributed by atoms with Gasteiger partial charge in [-0.05, 0) is 33.1 Å². The number of hydrogen-bond donors (Lipinski definition) is 1. The molecule has 0 amide bonds. The van der Waals surface area contributed by atoms with Crippen molar-refractivity contribution in [2.45, 2.75) is 38.7 Å². The summed E-state index contributed by atoms with van der Waals surface area (Å²) in [4.78, 5) is 0. The highest BCUT2D eigenvalue weighted by Gasteiger charge is 2.14. The molecular weight excluding hydrogens is 128 g/mol. The number of methoxy groups -OCH3 is 1. The van der Waals surface area contributed by atoms with Crippen LogP contribution in [0.15, 0.2) is 0 Å². The highest BCUT2D eigenvalue weighted by molar-refractivity contribution is 4.66. The first-order valence-electron chi connectivity index (χ1n) is 4.53. The largest absolute Gasteiger partial charge is 0.396 e. The summed E-state index contributed by atoms with van der Waals surface area (Å²) in [6.45, 7) is 3.45. The lowest BCUT2D eigenvalue weighted by molar-refractivity contribution is 0.0127. The number of aliphatic hydroxyl groups excluding tert-OH is 1. The SMILES string of the molecule is [2H]C([2H])(CCCO)C(C)(C)OC. The predicted molar refractivity (Wildman–Crippen MR) is 42.0 cm³/mol. The minimum absolute atomic E-state index is 0.0271. The molecule has 0 aromatic carbocycles. The summed E-state index contributed by atoms with van der Waals surface area (Å²) in [7, 11) is 1.50. The zero-order valence-corrected chi connectivity index (χ0v) is 6.98. The molecule has 10 heavy (non-hydrogen) atoms. The number of hydrogen-bond acceptors (Lipinski definition) is 2. The summed E-state index contributed by atoms with van der Waals surface area (Å²) in [6.07, 6.45) is -0.589. The van der Waals surface area contributed by atoms with Gasteiger partial charge in [0.15, 0.2) is 0 Å². The average Bonchev–Trinajstić information content (AvgIpc) is 2.00. The van der Waals surface area contributed by atoms with Gasteiger partial charge in [0.1, 0.15) is 0 Å². The van der Waals surface area contributed by atoms with Crippen LogP contribution in [0.2, 0.25) is 0 Å². The van der Waals surface area contributed by atoms with Crippen molar-refractivity contribution < 1.29 is 12.6 Å². The van der Waals surface area contributed by atoms with Crippen molar-refractivity contribution in [1.82, 2.24) is 0 Å². The molecule has 0 aromatic rings. The monoisotopic (exact) mass is 148 g/mol. The van der Waals surface area contributed by atoms with Crippen LogP contribution in [-0.4, -0.2) is 24.4 Å². The lowest BCUT2D eigenvalue weighted by Crippen LogP contribution is -2.21. The van der Waals surface area contributed by atoms with Crippen LogP contribution in [0.1, 0.15) is 35.8 Å². The Balaban J connectivity index is 4.17. The average molecular weight is 148 g/mol. The van der Waals surface area contributed by atoms with E-state index in [1.807, 2.05) is 0 Å². The molecule has 0 heterocycles. The fraction of sp³-hybridized carbons (Fsp3) is 1.00. The summed E-state index contributed by atoms with van der Waals surface area (Å²) in [6, 6.07) is 0. The minimum Gasteiger partial charge on any atom is -0.396 e. The predicted octanol–water partition coefficient (Wildman–Crippen LogP) is 1.57. The van der Waals surface area contributed by atoms with E-state index in [9.17, 15) is 0 Å². The number of ether oxygens (including phenoxy) is 1. The molecule has 0 saturated carbocycles. The number of rotatable bonds is 5. The molecular formula is C8H18O2. The van der Waals surface area contributed by atoms with Crippen molar-refractivity contribution in [3.8, 4) is 0 Å². The lowest BCUT2D eigenvalue weighted by Gasteiger charge is -2.22. The van der Waals surface area contributed by atoms with Gasteiger partial charge in [-0.25, -0.2) is 0 Å². The molecule has 0 aliphatic heterocycles. The van der Waals surface area contributed by atoms with Crippen LogP contribution in [-0.2, 0) is 4.74 Å². The Morgan fingerprint density at radius 2 is 2.10 bits per heavy atom. The normalized spacial score (nSPS) is 16.4. The molecule has 62 valence electrons. The zero-order valence-electron chi connectivity index (χ0n) is 8.98. The second kappa shape index (κ2) is 4.69. The molecule has 0 fully saturated rings. The van der Waals surface area contributed by atoms with Crippen LogP contribution in [0.25, 0.3) is 0 Å². The maximum absolute atomic E-state index is 8.56. The van der Waals surface area contributed by atoms with E-state index in [4.69, 9.17) is 12.6 Å². The van der Waals surface area contributed by atoms with Crippen molar-refractivity contribution >= 4 is 0 Å². The summed E-state index contributed by atoms with van der Waals surface area (Å²) in [5.41, 5.74) is -0.790. The maximum Gasteiger partial charge on any atom is 0.0622 e. The first-order chi connectivity index (χ1) is 5.37. The first kappa shape index (κ1) is 6.62. The van der Waals surface area contributed by atoms with E-state index in [2.05, 4.69) is 0 Å². The Hall–Kier alpha value is -0.0800. The van der Waals surface area contributed by atoms with E-state index in [1.54, 1.807) is 13.8 Å². The Labute approximate surface area is 66.0 Å². The van der Waals surface area contributed by atoms with Crippen molar-refractivity contribution in [2.24, 2.45) is 0 Å². The Morgan fingerprint density at radius 1 is 1.50 bits per heavy atom. The summed E-state index contributed by atoms with van der Waals surface area (Å²) in [5.74, 6) is 0. The third-order valence-electron chi connectivity index (χ3n) is 1.40. The number of aliphatic hydroxyl groups is 1. The van der Waals surface area contributed by atoms with Gasteiger partial charge in [-0.2, -0.15) is 0 Å². The van der Waals surface area contributed by atoms with Crippen LogP contribution in [0.5, 0.6) is 0 Å². The standard InChI is InChI=1S/C8H18O2/c1-8(2,10-3)6-4-5-7-9/h9H,4-7H2,1-3H3/i6D2. The molecule has 0 unspecified atom stereocenters. The van der Waals surface area contributed by atoms with E-state index in [-0.39, 0.29) is 6.61 Å². The molecule has 0 aliphatic rings. The summed E-state index contributed by atoms with van der Waals surface area (Å²) < 4.78 is 20.4. The molecule has 0 bridgehead atoms. The molecule has 1 N–H and O–H groups in total. The van der Waals surface area contributed by atoms with Gasteiger partial charge >= 0.3 is 0 Å². The summed E-state index contributed by atoms with van der Waals surface area (Å²) >= 11 is 0. The fourth-order valence-corrected chi connectivity index (χ4v) is 0.541. The second-order valence-electron chi connectivity index (χ2n) is 2.72. The van der Waals surface area contributed by atoms with Crippen molar-refractivity contribution in [3.05, 3.63) is 0 Å². The lowest BCUT2D eigenvalue weighted by atomic mass is 10.0. The van der Waals surface area contributed by atoms with Gasteiger partial charge in [0.2, 0.25) is 0 Å². The van der Waals surface area contributed by atoms with Crippen LogP contribution in [0.4, 0.5) is 0 Å². The van der Waals surface area contributed by atoms with E-state index < -0.39 is 12.0 Å². The highest BCUT2D eigenvalue weighted by Crippen LogP contribution is 2.15. The first-order valence-corrected chi connectivity index (χ1v) is 3.53. The third-order valence-corrected chi connectivity index (χ3v) is 1.40. The van der Waals surface area contributed by atoms with Gasteiger partial charge in [0, 0.05) is 16.5 Å². The van der Waals surface area contributed by atoms with Gasteiger partial charge in [-0.15, -0.1) is 0 Å². The smallest absolute Gasteiger partial charge is 0.0622 e. The van der Waals surface area contributed by atoms with Gasteiger partial charge in [0.25, 0.3) is 0 Å². The molecule has 0 atom stereocenters. The third kappa shape index (κ3) is 4.77. The molecule has 0 radical (unpaired) electrons. The fourth-order valence-electron chi connectivity index (χ4n) is 0.541. The highest BCUT2D eigenvalue weighted by atomic mass is 16.5. The van der Waals surface area contributed by atoms with Gasteiger partial charge in [-0.3, -0.25) is 0 Å². The Morgan fingerprint density at radius 3 is 2.50 bits per heavy atom. The Bertz CT molecular complexity index is 135. The second-order valence-corrected chi connectivity index (χ2v) is 2.72. The van der Waals surface area contributed by atoms with Crippen LogP contribution in [0, 0.1) is 0 Å². The van der Waals surface area contributed by atoms with Crippen molar-refractivity contribution in [1.29, 1.82) is 0 Å². The van der Waals surface area contributed by atoms with Crippen molar-refractivity contribution in [2.75, 3.05) is 13.7 Å². The van der Waals surface area contributed by atoms with Gasteiger partial charge in [0.05, 0.1) is 5.60 Å². The summed E-state index contributed by atoms with van der Waals surface area (Å²) in [5, 5.41) is 8.56. The maximum atomic E-state index is 8.56. The van der Waals surface area contributed by atoms with Crippen LogP contribution >= 0.6 is 0 Å². The molecule has 2 heteroatoms. The van der Waals surface area contributed by atoms with E-state index in [0.717, 1.165) is 0 Å². The van der Waals surface area contributed by atoms with E-state index in [0.29, 0.717) is 12.8 Å². The Kier molecular flexibility index (Phi) is 3.11. The quantitative estimate of drug-likeness (QED) is 0.641. The van der Waals surface area contributed by atoms with E-state index in [1.165, 1.54) is 7.11 Å². The molecule has 0 aliphatic carbocycles. The van der Waals surface area contributed by atoms with E-state index >= 15 is 0 Å².